The second-order valence-corrected chi connectivity index (χ2v) is 10.7. The lowest BCUT2D eigenvalue weighted by atomic mass is 10.0. The van der Waals surface area contributed by atoms with Gasteiger partial charge in [0.05, 0.1) is 11.7 Å². The van der Waals surface area contributed by atoms with Gasteiger partial charge >= 0.3 is 0 Å². The summed E-state index contributed by atoms with van der Waals surface area (Å²) < 4.78 is 6.98. The normalized spacial score (nSPS) is 17.2. The van der Waals surface area contributed by atoms with Crippen molar-refractivity contribution < 1.29 is 9.53 Å². The molecule has 2 N–H and O–H groups in total. The summed E-state index contributed by atoms with van der Waals surface area (Å²) in [7, 11) is 3.19. The first-order valence-electron chi connectivity index (χ1n) is 13.7. The number of rotatable bonds is 7. The first kappa shape index (κ1) is 27.2. The quantitative estimate of drug-likeness (QED) is 0.456. The van der Waals surface area contributed by atoms with E-state index in [-0.39, 0.29) is 23.8 Å². The lowest BCUT2D eigenvalue weighted by molar-refractivity contribution is -0.122. The van der Waals surface area contributed by atoms with Gasteiger partial charge in [0, 0.05) is 44.3 Å². The topological polar surface area (TPSA) is 105 Å². The average Bonchev–Trinajstić information content (AvgIpc) is 3.25. The number of fused-ring (bicyclic) bond motifs is 1. The molecule has 2 saturated heterocycles. The summed E-state index contributed by atoms with van der Waals surface area (Å²) in [5.41, 5.74) is 1.18. The number of amides is 1. The Balaban J connectivity index is 1.30. The number of carbonyl (C=O) groups excluding carboxylic acids is 1. The lowest BCUT2D eigenvalue weighted by Crippen LogP contribution is -2.45. The van der Waals surface area contributed by atoms with Crippen LogP contribution in [0.4, 0.5) is 17.5 Å². The Morgan fingerprint density at radius 1 is 1.10 bits per heavy atom. The molecule has 10 nitrogen and oxygen atoms in total. The van der Waals surface area contributed by atoms with E-state index in [9.17, 15) is 9.59 Å². The van der Waals surface area contributed by atoms with E-state index < -0.39 is 0 Å². The van der Waals surface area contributed by atoms with Gasteiger partial charge in [-0.25, -0.2) is 4.98 Å². The van der Waals surface area contributed by atoms with Crippen molar-refractivity contribution in [3.05, 3.63) is 45.8 Å². The van der Waals surface area contributed by atoms with E-state index in [2.05, 4.69) is 25.4 Å². The monoisotopic (exact) mass is 553 g/mol. The molecule has 0 bridgehead atoms. The molecular formula is C28H36ClN7O3. The summed E-state index contributed by atoms with van der Waals surface area (Å²) in [6.45, 7) is 4.05. The molecule has 2 aliphatic rings. The summed E-state index contributed by atoms with van der Waals surface area (Å²) in [5, 5.41) is 6.99. The van der Waals surface area contributed by atoms with Crippen LogP contribution in [-0.4, -0.2) is 71.2 Å². The number of piperidine rings is 1. The van der Waals surface area contributed by atoms with E-state index in [1.807, 2.05) is 18.2 Å². The average molecular weight is 554 g/mol. The lowest BCUT2D eigenvalue weighted by Gasteiger charge is -2.38. The molecule has 2 aromatic heterocycles. The number of hydrogen-bond acceptors (Lipinski definition) is 8. The number of nitrogens with one attached hydrogen (secondary N) is 2. The Morgan fingerprint density at radius 3 is 2.56 bits per heavy atom. The van der Waals surface area contributed by atoms with E-state index in [0.717, 1.165) is 42.5 Å². The van der Waals surface area contributed by atoms with Gasteiger partial charge in [0.15, 0.2) is 18.2 Å². The van der Waals surface area contributed by atoms with Gasteiger partial charge in [-0.15, -0.1) is 0 Å². The molecule has 208 valence electrons. The van der Waals surface area contributed by atoms with Crippen LogP contribution in [0.15, 0.2) is 35.3 Å². The highest BCUT2D eigenvalue weighted by molar-refractivity contribution is 6.32. The zero-order chi connectivity index (χ0) is 27.4. The molecule has 0 radical (unpaired) electrons. The van der Waals surface area contributed by atoms with Crippen LogP contribution in [-0.2, 0) is 11.8 Å². The third kappa shape index (κ3) is 6.28. The Morgan fingerprint density at radius 2 is 1.85 bits per heavy atom. The standard InChI is InChI=1S/C28H36ClN7O3/c1-30-25(37)18-39-24-16-19-15-20(7-8-23(19)34(2)27(24)38)32-26-22(29)17-31-28(33-26)36-13-9-21(10-14-36)35-11-5-3-4-6-12-35/h7-8,15-17,21H,3-6,9-14,18H2,1-2H3,(H,30,37)(H,31,32,33). The van der Waals surface area contributed by atoms with Gasteiger partial charge in [-0.1, -0.05) is 24.4 Å². The molecular weight excluding hydrogens is 518 g/mol. The number of anilines is 3. The van der Waals surface area contributed by atoms with Crippen molar-refractivity contribution in [2.45, 2.75) is 44.6 Å². The summed E-state index contributed by atoms with van der Waals surface area (Å²) in [6, 6.07) is 7.91. The maximum atomic E-state index is 12.7. The van der Waals surface area contributed by atoms with Crippen molar-refractivity contribution in [3.8, 4) is 5.75 Å². The third-order valence-corrected chi connectivity index (χ3v) is 8.00. The number of likely N-dealkylation sites (tertiary alicyclic amines) is 1. The van der Waals surface area contributed by atoms with E-state index in [0.29, 0.717) is 22.8 Å². The minimum Gasteiger partial charge on any atom is -0.478 e. The van der Waals surface area contributed by atoms with Crippen molar-refractivity contribution in [2.75, 3.05) is 50.1 Å². The van der Waals surface area contributed by atoms with Crippen LogP contribution in [0.25, 0.3) is 10.9 Å². The van der Waals surface area contributed by atoms with Gasteiger partial charge in [0.25, 0.3) is 11.5 Å². The molecule has 2 aliphatic heterocycles. The molecule has 4 heterocycles. The number of likely N-dealkylation sites (N-methyl/N-ethyl adjacent to an activating group) is 1. The highest BCUT2D eigenvalue weighted by Crippen LogP contribution is 2.29. The number of carbonyl (C=O) groups is 1. The second kappa shape index (κ2) is 12.2. The van der Waals surface area contributed by atoms with Crippen molar-refractivity contribution in [2.24, 2.45) is 7.05 Å². The number of pyridine rings is 1. The minimum atomic E-state index is -0.312. The summed E-state index contributed by atoms with van der Waals surface area (Å²) in [5.74, 6) is 0.991. The van der Waals surface area contributed by atoms with Gasteiger partial charge in [-0.2, -0.15) is 4.98 Å². The molecule has 3 aromatic rings. The van der Waals surface area contributed by atoms with Crippen molar-refractivity contribution >= 4 is 45.9 Å². The Kier molecular flexibility index (Phi) is 8.52. The van der Waals surface area contributed by atoms with Crippen LogP contribution >= 0.6 is 11.6 Å². The molecule has 2 fully saturated rings. The first-order valence-corrected chi connectivity index (χ1v) is 14.1. The zero-order valence-corrected chi connectivity index (χ0v) is 23.3. The number of halogens is 1. The summed E-state index contributed by atoms with van der Waals surface area (Å²) in [6.07, 6.45) is 9.20. The largest absolute Gasteiger partial charge is 0.478 e. The third-order valence-electron chi connectivity index (χ3n) is 7.73. The molecule has 0 atom stereocenters. The summed E-state index contributed by atoms with van der Waals surface area (Å²) in [4.78, 5) is 38.5. The maximum Gasteiger partial charge on any atom is 0.293 e. The molecule has 0 saturated carbocycles. The van der Waals surface area contributed by atoms with Crippen LogP contribution < -0.4 is 25.8 Å². The SMILES string of the molecule is CNC(=O)COc1cc2cc(Nc3nc(N4CCC(N5CCCCCC5)CC4)ncc3Cl)ccc2n(C)c1=O. The zero-order valence-electron chi connectivity index (χ0n) is 22.6. The first-order chi connectivity index (χ1) is 18.9. The fourth-order valence-corrected chi connectivity index (χ4v) is 5.61. The number of aromatic nitrogens is 3. The van der Waals surface area contributed by atoms with E-state index in [4.69, 9.17) is 21.3 Å². The van der Waals surface area contributed by atoms with Gasteiger partial charge in [-0.3, -0.25) is 9.59 Å². The smallest absolute Gasteiger partial charge is 0.293 e. The number of benzene rings is 1. The number of nitrogens with zero attached hydrogens (tertiary/aromatic N) is 5. The molecule has 39 heavy (non-hydrogen) atoms. The van der Waals surface area contributed by atoms with E-state index >= 15 is 0 Å². The predicted molar refractivity (Wildman–Crippen MR) is 154 cm³/mol. The molecule has 0 unspecified atom stereocenters. The van der Waals surface area contributed by atoms with Crippen molar-refractivity contribution in [1.29, 1.82) is 0 Å². The summed E-state index contributed by atoms with van der Waals surface area (Å²) >= 11 is 6.48. The second-order valence-electron chi connectivity index (χ2n) is 10.3. The Bertz CT molecular complexity index is 1380. The van der Waals surface area contributed by atoms with Crippen LogP contribution in [0.5, 0.6) is 5.75 Å². The van der Waals surface area contributed by atoms with Crippen molar-refractivity contribution in [1.82, 2.24) is 24.8 Å². The predicted octanol–water partition coefficient (Wildman–Crippen LogP) is 3.70. The van der Waals surface area contributed by atoms with Crippen LogP contribution in [0.2, 0.25) is 5.02 Å². The van der Waals surface area contributed by atoms with Gasteiger partial charge in [-0.05, 0) is 63.0 Å². The van der Waals surface area contributed by atoms with Gasteiger partial charge in [0.2, 0.25) is 5.95 Å². The number of ether oxygens (including phenoxy) is 1. The fourth-order valence-electron chi connectivity index (χ4n) is 5.48. The van der Waals surface area contributed by atoms with Crippen LogP contribution in [0.3, 0.4) is 0 Å². The minimum absolute atomic E-state index is 0.108. The molecule has 11 heteroatoms. The molecule has 5 rings (SSSR count). The number of hydrogen-bond donors (Lipinski definition) is 2. The molecule has 0 aliphatic carbocycles. The van der Waals surface area contributed by atoms with Crippen LogP contribution in [0, 0.1) is 0 Å². The molecule has 1 aromatic carbocycles. The Hall–Kier alpha value is -3.37. The van der Waals surface area contributed by atoms with Gasteiger partial charge < -0.3 is 29.7 Å². The fraction of sp³-hybridized carbons (Fsp3) is 0.500. The molecule has 0 spiro atoms. The maximum absolute atomic E-state index is 12.7. The molecule has 1 amide bonds. The highest BCUT2D eigenvalue weighted by atomic mass is 35.5. The highest BCUT2D eigenvalue weighted by Gasteiger charge is 2.26. The Labute approximate surface area is 233 Å². The number of aryl methyl sites for hydroxylation is 1. The van der Waals surface area contributed by atoms with E-state index in [1.54, 1.807) is 19.3 Å². The van der Waals surface area contributed by atoms with E-state index in [1.165, 1.54) is 50.4 Å². The van der Waals surface area contributed by atoms with Gasteiger partial charge in [0.1, 0.15) is 5.02 Å². The van der Waals surface area contributed by atoms with Crippen molar-refractivity contribution in [3.63, 3.8) is 0 Å². The van der Waals surface area contributed by atoms with Crippen LogP contribution in [0.1, 0.15) is 38.5 Å².